The van der Waals surface area contributed by atoms with Crippen molar-refractivity contribution < 1.29 is 4.79 Å². The fourth-order valence-corrected chi connectivity index (χ4v) is 2.71. The summed E-state index contributed by atoms with van der Waals surface area (Å²) in [6.45, 7) is 3.97. The SMILES string of the molecule is Cc1cccc(C)c1-n1ncc(C(=O)Nc2ccc(Cl)cc2)c1N. The molecule has 0 fully saturated rings. The van der Waals surface area contributed by atoms with E-state index in [4.69, 9.17) is 17.3 Å². The molecule has 0 aliphatic heterocycles. The van der Waals surface area contributed by atoms with Crippen molar-refractivity contribution in [1.29, 1.82) is 0 Å². The standard InChI is InChI=1S/C18H17ClN4O/c1-11-4-3-5-12(2)16(11)23-17(20)15(10-21-23)18(24)22-14-8-6-13(19)7-9-14/h3-10H,20H2,1-2H3,(H,22,24). The molecule has 122 valence electrons. The molecule has 0 spiro atoms. The third-order valence-corrected chi connectivity index (χ3v) is 4.06. The van der Waals surface area contributed by atoms with Crippen LogP contribution in [0.4, 0.5) is 11.5 Å². The van der Waals surface area contributed by atoms with E-state index in [0.29, 0.717) is 22.1 Å². The summed E-state index contributed by atoms with van der Waals surface area (Å²) in [6, 6.07) is 12.8. The Morgan fingerprint density at radius 3 is 2.38 bits per heavy atom. The van der Waals surface area contributed by atoms with Gasteiger partial charge < -0.3 is 11.1 Å². The number of aryl methyl sites for hydroxylation is 2. The third-order valence-electron chi connectivity index (χ3n) is 3.80. The number of amides is 1. The molecule has 0 saturated heterocycles. The molecule has 1 aromatic heterocycles. The van der Waals surface area contributed by atoms with Gasteiger partial charge >= 0.3 is 0 Å². The zero-order chi connectivity index (χ0) is 17.3. The molecular weight excluding hydrogens is 324 g/mol. The van der Waals surface area contributed by atoms with Crippen molar-refractivity contribution in [3.63, 3.8) is 0 Å². The molecule has 6 heteroatoms. The van der Waals surface area contributed by atoms with E-state index in [9.17, 15) is 4.79 Å². The zero-order valence-electron chi connectivity index (χ0n) is 13.4. The van der Waals surface area contributed by atoms with Crippen LogP contribution in [0.1, 0.15) is 21.5 Å². The Hall–Kier alpha value is -2.79. The van der Waals surface area contributed by atoms with Crippen molar-refractivity contribution in [3.8, 4) is 5.69 Å². The van der Waals surface area contributed by atoms with Gasteiger partial charge in [0.1, 0.15) is 11.4 Å². The van der Waals surface area contributed by atoms with Crippen LogP contribution in [0.25, 0.3) is 5.69 Å². The van der Waals surface area contributed by atoms with E-state index in [1.165, 1.54) is 6.20 Å². The second-order valence-electron chi connectivity index (χ2n) is 5.56. The topological polar surface area (TPSA) is 72.9 Å². The fraction of sp³-hybridized carbons (Fsp3) is 0.111. The van der Waals surface area contributed by atoms with E-state index in [0.717, 1.165) is 16.8 Å². The molecule has 5 nitrogen and oxygen atoms in total. The van der Waals surface area contributed by atoms with Crippen LogP contribution in [0.2, 0.25) is 5.02 Å². The van der Waals surface area contributed by atoms with Gasteiger partial charge in [0.05, 0.1) is 11.9 Å². The normalized spacial score (nSPS) is 10.6. The van der Waals surface area contributed by atoms with Gasteiger partial charge in [-0.1, -0.05) is 29.8 Å². The van der Waals surface area contributed by atoms with Crippen molar-refractivity contribution in [2.24, 2.45) is 0 Å². The molecule has 0 aliphatic carbocycles. The van der Waals surface area contributed by atoms with E-state index in [2.05, 4.69) is 10.4 Å². The van der Waals surface area contributed by atoms with Crippen molar-refractivity contribution in [3.05, 3.63) is 70.4 Å². The Morgan fingerprint density at radius 1 is 1.12 bits per heavy atom. The number of nitrogen functional groups attached to an aromatic ring is 1. The predicted molar refractivity (Wildman–Crippen MR) is 96.9 cm³/mol. The molecule has 0 aliphatic rings. The van der Waals surface area contributed by atoms with Crippen LogP contribution in [-0.4, -0.2) is 15.7 Å². The van der Waals surface area contributed by atoms with Gasteiger partial charge in [-0.05, 0) is 49.2 Å². The van der Waals surface area contributed by atoms with Gasteiger partial charge in [-0.25, -0.2) is 4.68 Å². The molecule has 1 amide bonds. The Balaban J connectivity index is 1.92. The summed E-state index contributed by atoms with van der Waals surface area (Å²) in [6.07, 6.45) is 1.48. The molecule has 3 N–H and O–H groups in total. The van der Waals surface area contributed by atoms with Gasteiger partial charge in [-0.3, -0.25) is 4.79 Å². The van der Waals surface area contributed by atoms with Gasteiger partial charge in [-0.15, -0.1) is 0 Å². The Labute approximate surface area is 145 Å². The highest BCUT2D eigenvalue weighted by Crippen LogP contribution is 2.24. The monoisotopic (exact) mass is 340 g/mol. The van der Waals surface area contributed by atoms with Gasteiger partial charge in [0.25, 0.3) is 5.91 Å². The first kappa shape index (κ1) is 16.1. The molecule has 0 unspecified atom stereocenters. The number of anilines is 2. The highest BCUT2D eigenvalue weighted by molar-refractivity contribution is 6.30. The number of hydrogen-bond acceptors (Lipinski definition) is 3. The number of nitrogens with one attached hydrogen (secondary N) is 1. The Morgan fingerprint density at radius 2 is 1.75 bits per heavy atom. The lowest BCUT2D eigenvalue weighted by molar-refractivity contribution is 0.102. The number of para-hydroxylation sites is 1. The van der Waals surface area contributed by atoms with Crippen LogP contribution in [0, 0.1) is 13.8 Å². The predicted octanol–water partition coefficient (Wildman–Crippen LogP) is 3.98. The summed E-state index contributed by atoms with van der Waals surface area (Å²) in [5.74, 6) is -0.00817. The van der Waals surface area contributed by atoms with Crippen LogP contribution < -0.4 is 11.1 Å². The lowest BCUT2D eigenvalue weighted by atomic mass is 10.1. The van der Waals surface area contributed by atoms with E-state index in [-0.39, 0.29) is 5.91 Å². The number of hydrogen-bond donors (Lipinski definition) is 2. The molecule has 0 radical (unpaired) electrons. The van der Waals surface area contributed by atoms with E-state index < -0.39 is 0 Å². The van der Waals surface area contributed by atoms with Crippen molar-refractivity contribution >= 4 is 29.0 Å². The average molecular weight is 341 g/mol. The van der Waals surface area contributed by atoms with Crippen LogP contribution >= 0.6 is 11.6 Å². The Bertz CT molecular complexity index is 880. The maximum absolute atomic E-state index is 12.5. The summed E-state index contributed by atoms with van der Waals surface area (Å²) in [5.41, 5.74) is 10.1. The number of carbonyl (C=O) groups is 1. The highest BCUT2D eigenvalue weighted by Gasteiger charge is 2.18. The fourth-order valence-electron chi connectivity index (χ4n) is 2.58. The first-order valence-corrected chi connectivity index (χ1v) is 7.82. The molecular formula is C18H17ClN4O. The summed E-state index contributed by atoms with van der Waals surface area (Å²) in [7, 11) is 0. The van der Waals surface area contributed by atoms with Crippen molar-refractivity contribution in [1.82, 2.24) is 9.78 Å². The molecule has 0 saturated carbocycles. The number of benzene rings is 2. The second kappa shape index (κ2) is 6.37. The van der Waals surface area contributed by atoms with Crippen LogP contribution in [0.5, 0.6) is 0 Å². The summed E-state index contributed by atoms with van der Waals surface area (Å²) in [5, 5.41) is 7.69. The largest absolute Gasteiger partial charge is 0.383 e. The molecule has 0 bridgehead atoms. The number of halogens is 1. The quantitative estimate of drug-likeness (QED) is 0.757. The first-order chi connectivity index (χ1) is 11.5. The van der Waals surface area contributed by atoms with Gasteiger partial charge in [0.15, 0.2) is 0 Å². The maximum Gasteiger partial charge on any atom is 0.261 e. The highest BCUT2D eigenvalue weighted by atomic mass is 35.5. The number of aromatic nitrogens is 2. The minimum absolute atomic E-state index is 0.305. The second-order valence-corrected chi connectivity index (χ2v) is 5.99. The Kier molecular flexibility index (Phi) is 4.27. The van der Waals surface area contributed by atoms with Crippen molar-refractivity contribution in [2.45, 2.75) is 13.8 Å². The van der Waals surface area contributed by atoms with Gasteiger partial charge in [0, 0.05) is 10.7 Å². The van der Waals surface area contributed by atoms with Gasteiger partial charge in [0.2, 0.25) is 0 Å². The molecule has 3 rings (SSSR count). The van der Waals surface area contributed by atoms with Crippen LogP contribution in [0.15, 0.2) is 48.7 Å². The number of rotatable bonds is 3. The van der Waals surface area contributed by atoms with E-state index in [1.807, 2.05) is 32.0 Å². The first-order valence-electron chi connectivity index (χ1n) is 7.44. The van der Waals surface area contributed by atoms with E-state index in [1.54, 1.807) is 28.9 Å². The number of nitrogens with zero attached hydrogens (tertiary/aromatic N) is 2. The molecule has 1 heterocycles. The van der Waals surface area contributed by atoms with Crippen LogP contribution in [0.3, 0.4) is 0 Å². The number of carbonyl (C=O) groups excluding carboxylic acids is 1. The summed E-state index contributed by atoms with van der Waals surface area (Å²) < 4.78 is 1.60. The third kappa shape index (κ3) is 2.98. The minimum atomic E-state index is -0.313. The molecule has 24 heavy (non-hydrogen) atoms. The van der Waals surface area contributed by atoms with E-state index >= 15 is 0 Å². The zero-order valence-corrected chi connectivity index (χ0v) is 14.1. The van der Waals surface area contributed by atoms with Gasteiger partial charge in [-0.2, -0.15) is 5.10 Å². The smallest absolute Gasteiger partial charge is 0.261 e. The molecule has 2 aromatic carbocycles. The lowest BCUT2D eigenvalue weighted by Gasteiger charge is -2.11. The molecule has 0 atom stereocenters. The lowest BCUT2D eigenvalue weighted by Crippen LogP contribution is -2.14. The van der Waals surface area contributed by atoms with Crippen molar-refractivity contribution in [2.75, 3.05) is 11.1 Å². The molecule has 3 aromatic rings. The number of nitrogens with two attached hydrogens (primary N) is 1. The van der Waals surface area contributed by atoms with Crippen LogP contribution in [-0.2, 0) is 0 Å². The maximum atomic E-state index is 12.5. The summed E-state index contributed by atoms with van der Waals surface area (Å²) >= 11 is 5.85. The minimum Gasteiger partial charge on any atom is -0.383 e. The average Bonchev–Trinajstić information content (AvgIpc) is 2.91. The summed E-state index contributed by atoms with van der Waals surface area (Å²) in [4.78, 5) is 12.5.